The molecule has 1 amide bonds. The number of carbonyl (C=O) groups is 2. The fraction of sp³-hybridized carbons (Fsp3) is 0.364. The highest BCUT2D eigenvalue weighted by atomic mass is 79.9. The van der Waals surface area contributed by atoms with Gasteiger partial charge in [0, 0.05) is 29.3 Å². The molecule has 2 atom stereocenters. The second kappa shape index (κ2) is 8.43. The van der Waals surface area contributed by atoms with Crippen molar-refractivity contribution in [2.24, 2.45) is 0 Å². The molecule has 0 aromatic heterocycles. The molecule has 1 heterocycles. The molecular formula is C22H23BrFNO3. The van der Waals surface area contributed by atoms with Crippen LogP contribution in [0.3, 0.4) is 0 Å². The first-order valence-corrected chi connectivity index (χ1v) is 10.1. The number of amides is 1. The molecule has 2 aromatic rings. The summed E-state index contributed by atoms with van der Waals surface area (Å²) in [6, 6.07) is 13.9. The molecule has 0 radical (unpaired) electrons. The summed E-state index contributed by atoms with van der Waals surface area (Å²) < 4.78 is 14.4. The Morgan fingerprint density at radius 3 is 2.43 bits per heavy atom. The van der Waals surface area contributed by atoms with Crippen LogP contribution in [0.25, 0.3) is 0 Å². The van der Waals surface area contributed by atoms with Crippen LogP contribution in [0.4, 0.5) is 4.39 Å². The average Bonchev–Trinajstić information content (AvgIpc) is 2.67. The Morgan fingerprint density at radius 1 is 1.21 bits per heavy atom. The number of nitrogens with zero attached hydrogens (tertiary/aromatic N) is 1. The van der Waals surface area contributed by atoms with Crippen molar-refractivity contribution in [3.63, 3.8) is 0 Å². The smallest absolute Gasteiger partial charge is 0.303 e. The first-order valence-electron chi connectivity index (χ1n) is 9.33. The largest absolute Gasteiger partial charge is 0.481 e. The van der Waals surface area contributed by atoms with Crippen molar-refractivity contribution in [1.29, 1.82) is 0 Å². The number of hydrogen-bond donors (Lipinski definition) is 1. The van der Waals surface area contributed by atoms with Gasteiger partial charge in [-0.3, -0.25) is 9.59 Å². The highest BCUT2D eigenvalue weighted by Crippen LogP contribution is 2.42. The molecule has 3 rings (SSSR count). The summed E-state index contributed by atoms with van der Waals surface area (Å²) in [5, 5.41) is 9.17. The van der Waals surface area contributed by atoms with Crippen LogP contribution in [-0.2, 0) is 15.0 Å². The summed E-state index contributed by atoms with van der Waals surface area (Å²) in [6.45, 7) is 2.54. The lowest BCUT2D eigenvalue weighted by Crippen LogP contribution is -2.47. The Hall–Kier alpha value is -2.21. The third-order valence-electron chi connectivity index (χ3n) is 5.74. The van der Waals surface area contributed by atoms with Crippen LogP contribution in [-0.4, -0.2) is 28.4 Å². The van der Waals surface area contributed by atoms with Crippen molar-refractivity contribution in [3.05, 3.63) is 69.9 Å². The maximum absolute atomic E-state index is 13.4. The second-order valence-electron chi connectivity index (χ2n) is 7.42. The summed E-state index contributed by atoms with van der Waals surface area (Å²) in [7, 11) is 0. The molecule has 28 heavy (non-hydrogen) atoms. The van der Waals surface area contributed by atoms with Crippen LogP contribution in [0.2, 0.25) is 0 Å². The van der Waals surface area contributed by atoms with E-state index >= 15 is 0 Å². The van der Waals surface area contributed by atoms with E-state index in [4.69, 9.17) is 5.11 Å². The highest BCUT2D eigenvalue weighted by molar-refractivity contribution is 9.10. The van der Waals surface area contributed by atoms with E-state index in [0.29, 0.717) is 19.4 Å². The number of benzene rings is 2. The van der Waals surface area contributed by atoms with E-state index in [-0.39, 0.29) is 30.6 Å². The summed E-state index contributed by atoms with van der Waals surface area (Å²) in [4.78, 5) is 26.1. The quantitative estimate of drug-likeness (QED) is 0.671. The lowest BCUT2D eigenvalue weighted by molar-refractivity contribution is -0.141. The second-order valence-corrected chi connectivity index (χ2v) is 8.34. The van der Waals surface area contributed by atoms with E-state index in [0.717, 1.165) is 15.6 Å². The van der Waals surface area contributed by atoms with Crippen LogP contribution < -0.4 is 0 Å². The number of likely N-dealkylation sites (tertiary alicyclic amines) is 1. The SMILES string of the molecule is C[C@@H](c1ccc(Br)cc1)N1CC[C@@](CCC(=O)O)(c2ccc(F)cc2)CC1=O. The Kier molecular flexibility index (Phi) is 6.18. The Labute approximate surface area is 172 Å². The van der Waals surface area contributed by atoms with E-state index in [1.807, 2.05) is 36.1 Å². The lowest BCUT2D eigenvalue weighted by Gasteiger charge is -2.44. The summed E-state index contributed by atoms with van der Waals surface area (Å²) in [5.74, 6) is -1.24. The summed E-state index contributed by atoms with van der Waals surface area (Å²) >= 11 is 3.42. The number of piperidine rings is 1. The number of halogens is 2. The third-order valence-corrected chi connectivity index (χ3v) is 6.26. The molecular weight excluding hydrogens is 425 g/mol. The first-order chi connectivity index (χ1) is 13.3. The molecule has 0 saturated carbocycles. The van der Waals surface area contributed by atoms with Crippen molar-refractivity contribution in [1.82, 2.24) is 4.90 Å². The highest BCUT2D eigenvalue weighted by Gasteiger charge is 2.41. The zero-order valence-electron chi connectivity index (χ0n) is 15.7. The van der Waals surface area contributed by atoms with E-state index in [2.05, 4.69) is 15.9 Å². The Morgan fingerprint density at radius 2 is 1.86 bits per heavy atom. The Balaban J connectivity index is 1.83. The molecule has 1 saturated heterocycles. The van der Waals surface area contributed by atoms with E-state index in [1.54, 1.807) is 12.1 Å². The number of carbonyl (C=O) groups excluding carboxylic acids is 1. The molecule has 148 valence electrons. The lowest BCUT2D eigenvalue weighted by atomic mass is 9.69. The first kappa shape index (κ1) is 20.5. The molecule has 0 unspecified atom stereocenters. The molecule has 0 bridgehead atoms. The van der Waals surface area contributed by atoms with E-state index in [1.165, 1.54) is 12.1 Å². The fourth-order valence-corrected chi connectivity index (χ4v) is 4.29. The molecule has 1 N–H and O–H groups in total. The van der Waals surface area contributed by atoms with Crippen molar-refractivity contribution >= 4 is 27.8 Å². The van der Waals surface area contributed by atoms with Gasteiger partial charge in [-0.05, 0) is 55.2 Å². The van der Waals surface area contributed by atoms with Gasteiger partial charge in [0.05, 0.1) is 6.04 Å². The minimum atomic E-state index is -0.889. The summed E-state index contributed by atoms with van der Waals surface area (Å²) in [6.07, 6.45) is 1.22. The predicted octanol–water partition coefficient (Wildman–Crippen LogP) is 5.07. The molecule has 1 aliphatic heterocycles. The zero-order chi connectivity index (χ0) is 20.3. The van der Waals surface area contributed by atoms with Crippen molar-refractivity contribution < 1.29 is 19.1 Å². The topological polar surface area (TPSA) is 57.6 Å². The van der Waals surface area contributed by atoms with Gasteiger partial charge in [0.2, 0.25) is 5.91 Å². The fourth-order valence-electron chi connectivity index (χ4n) is 4.02. The van der Waals surface area contributed by atoms with Gasteiger partial charge in [0.1, 0.15) is 5.82 Å². The number of carboxylic acids is 1. The monoisotopic (exact) mass is 447 g/mol. The average molecular weight is 448 g/mol. The zero-order valence-corrected chi connectivity index (χ0v) is 17.3. The molecule has 0 aliphatic carbocycles. The van der Waals surface area contributed by atoms with Crippen LogP contribution in [0.5, 0.6) is 0 Å². The Bertz CT molecular complexity index is 853. The van der Waals surface area contributed by atoms with Gasteiger partial charge in [-0.1, -0.05) is 40.2 Å². The van der Waals surface area contributed by atoms with Gasteiger partial charge in [0.15, 0.2) is 0 Å². The van der Waals surface area contributed by atoms with Gasteiger partial charge in [-0.15, -0.1) is 0 Å². The van der Waals surface area contributed by atoms with Gasteiger partial charge in [0.25, 0.3) is 0 Å². The predicted molar refractivity (Wildman–Crippen MR) is 108 cm³/mol. The number of aliphatic carboxylic acids is 1. The van der Waals surface area contributed by atoms with E-state index < -0.39 is 11.4 Å². The maximum atomic E-state index is 13.4. The summed E-state index contributed by atoms with van der Waals surface area (Å²) in [5.41, 5.74) is 1.31. The third kappa shape index (κ3) is 4.43. The van der Waals surface area contributed by atoms with Crippen molar-refractivity contribution in [2.75, 3.05) is 6.54 Å². The van der Waals surface area contributed by atoms with Gasteiger partial charge >= 0.3 is 5.97 Å². The number of hydrogen-bond acceptors (Lipinski definition) is 2. The normalized spacial score (nSPS) is 20.8. The molecule has 1 aliphatic rings. The van der Waals surface area contributed by atoms with Gasteiger partial charge in [-0.2, -0.15) is 0 Å². The van der Waals surface area contributed by atoms with Gasteiger partial charge in [-0.25, -0.2) is 4.39 Å². The van der Waals surface area contributed by atoms with Crippen LogP contribution in [0.15, 0.2) is 53.0 Å². The van der Waals surface area contributed by atoms with Gasteiger partial charge < -0.3 is 10.0 Å². The maximum Gasteiger partial charge on any atom is 0.303 e. The molecule has 4 nitrogen and oxygen atoms in total. The molecule has 2 aromatic carbocycles. The number of carboxylic acid groups (broad SMARTS) is 1. The number of rotatable bonds is 6. The minimum absolute atomic E-state index is 0.00335. The van der Waals surface area contributed by atoms with Crippen LogP contribution in [0, 0.1) is 5.82 Å². The van der Waals surface area contributed by atoms with Crippen LogP contribution in [0.1, 0.15) is 49.8 Å². The molecule has 1 fully saturated rings. The minimum Gasteiger partial charge on any atom is -0.481 e. The standard InChI is InChI=1S/C22H23BrFNO3/c1-15(16-2-6-18(23)7-3-16)25-13-12-22(14-20(25)26,11-10-21(27)28)17-4-8-19(24)9-5-17/h2-9,15H,10-14H2,1H3,(H,27,28)/t15-,22+/m0/s1. The van der Waals surface area contributed by atoms with E-state index in [9.17, 15) is 14.0 Å². The van der Waals surface area contributed by atoms with Crippen molar-refractivity contribution in [3.8, 4) is 0 Å². The van der Waals surface area contributed by atoms with Crippen LogP contribution >= 0.6 is 15.9 Å². The molecule has 0 spiro atoms. The molecule has 6 heteroatoms. The van der Waals surface area contributed by atoms with Crippen molar-refractivity contribution in [2.45, 2.75) is 44.1 Å².